The Labute approximate surface area is 167 Å². The zero-order valence-corrected chi connectivity index (χ0v) is 16.8. The van der Waals surface area contributed by atoms with E-state index < -0.39 is 10.0 Å². The zero-order chi connectivity index (χ0) is 19.4. The van der Waals surface area contributed by atoms with Crippen LogP contribution >= 0.6 is 15.9 Å². The number of carbonyl (C=O) groups is 1. The lowest BCUT2D eigenvalue weighted by Crippen LogP contribution is -2.38. The van der Waals surface area contributed by atoms with Crippen molar-refractivity contribution in [2.75, 3.05) is 17.8 Å². The average molecular weight is 448 g/mol. The lowest BCUT2D eigenvalue weighted by Gasteiger charge is -2.29. The summed E-state index contributed by atoms with van der Waals surface area (Å²) in [6.45, 7) is 1.01. The maximum atomic E-state index is 12.7. The lowest BCUT2D eigenvalue weighted by molar-refractivity contribution is 0.0707. The summed E-state index contributed by atoms with van der Waals surface area (Å²) in [5.74, 6) is -0.233. The van der Waals surface area contributed by atoms with Crippen molar-refractivity contribution in [1.29, 1.82) is 5.26 Å². The molecule has 0 saturated carbocycles. The number of nitrogens with one attached hydrogen (secondary N) is 1. The Morgan fingerprint density at radius 1 is 1.15 bits per heavy atom. The first-order valence-electron chi connectivity index (χ1n) is 8.46. The number of carbonyl (C=O) groups excluding carboxylic acids is 1. The van der Waals surface area contributed by atoms with Gasteiger partial charge in [-0.2, -0.15) is 5.26 Å². The number of nitrogens with zero attached hydrogens (tertiary/aromatic N) is 2. The van der Waals surface area contributed by atoms with Crippen LogP contribution in [0.15, 0.2) is 57.9 Å². The standard InChI is InChI=1S/C19H18BrN3O3S/c20-16-4-6-17(7-5-16)22-27(25,26)18-3-1-2-15(12-18)19(24)23-10-8-14(13-21)9-11-23/h1-7,12,14,22H,8-11H2. The SMILES string of the molecule is N#CC1CCN(C(=O)c2cccc(S(=O)(=O)Nc3ccc(Br)cc3)c2)CC1. The number of halogens is 1. The number of benzene rings is 2. The summed E-state index contributed by atoms with van der Waals surface area (Å²) in [4.78, 5) is 14.4. The molecule has 6 nitrogen and oxygen atoms in total. The second-order valence-corrected chi connectivity index (χ2v) is 8.93. The normalized spacial score (nSPS) is 15.2. The van der Waals surface area contributed by atoms with E-state index in [-0.39, 0.29) is 16.7 Å². The largest absolute Gasteiger partial charge is 0.339 e. The molecule has 1 amide bonds. The van der Waals surface area contributed by atoms with Gasteiger partial charge in [-0.15, -0.1) is 0 Å². The van der Waals surface area contributed by atoms with Crippen molar-refractivity contribution in [2.45, 2.75) is 17.7 Å². The Hall–Kier alpha value is -2.37. The minimum absolute atomic E-state index is 0.0177. The Morgan fingerprint density at radius 2 is 1.81 bits per heavy atom. The van der Waals surface area contributed by atoms with Gasteiger partial charge in [-0.1, -0.05) is 22.0 Å². The Morgan fingerprint density at radius 3 is 2.44 bits per heavy atom. The molecule has 140 valence electrons. The van der Waals surface area contributed by atoms with Crippen LogP contribution in [0.1, 0.15) is 23.2 Å². The number of hydrogen-bond donors (Lipinski definition) is 1. The number of piperidine rings is 1. The molecule has 1 heterocycles. The second kappa shape index (κ2) is 8.11. The molecule has 0 unspecified atom stereocenters. The fourth-order valence-electron chi connectivity index (χ4n) is 2.92. The second-order valence-electron chi connectivity index (χ2n) is 6.34. The molecule has 3 rings (SSSR count). The van der Waals surface area contributed by atoms with Gasteiger partial charge in [-0.25, -0.2) is 8.42 Å². The maximum absolute atomic E-state index is 12.7. The van der Waals surface area contributed by atoms with Crippen LogP contribution in [0.3, 0.4) is 0 Å². The molecule has 1 saturated heterocycles. The zero-order valence-electron chi connectivity index (χ0n) is 14.4. The smallest absolute Gasteiger partial charge is 0.261 e. The molecular formula is C19H18BrN3O3S. The van der Waals surface area contributed by atoms with Crippen molar-refractivity contribution in [1.82, 2.24) is 4.90 Å². The summed E-state index contributed by atoms with van der Waals surface area (Å²) < 4.78 is 28.6. The van der Waals surface area contributed by atoms with E-state index in [4.69, 9.17) is 5.26 Å². The Bertz CT molecular complexity index is 976. The molecule has 0 bridgehead atoms. The highest BCUT2D eigenvalue weighted by molar-refractivity contribution is 9.10. The summed E-state index contributed by atoms with van der Waals surface area (Å²) >= 11 is 3.30. The molecule has 1 aliphatic heterocycles. The number of hydrogen-bond acceptors (Lipinski definition) is 4. The van der Waals surface area contributed by atoms with Gasteiger partial charge in [0.15, 0.2) is 0 Å². The first-order chi connectivity index (χ1) is 12.9. The molecular weight excluding hydrogens is 430 g/mol. The van der Waals surface area contributed by atoms with Gasteiger partial charge in [-0.05, 0) is 55.3 Å². The number of amides is 1. The summed E-state index contributed by atoms with van der Waals surface area (Å²) in [7, 11) is -3.80. The van der Waals surface area contributed by atoms with Gasteiger partial charge in [0.05, 0.1) is 11.0 Å². The van der Waals surface area contributed by atoms with E-state index in [1.54, 1.807) is 41.3 Å². The third kappa shape index (κ3) is 4.67. The minimum Gasteiger partial charge on any atom is -0.339 e. The third-order valence-electron chi connectivity index (χ3n) is 4.45. The number of anilines is 1. The van der Waals surface area contributed by atoms with E-state index in [0.717, 1.165) is 4.47 Å². The number of sulfonamides is 1. The molecule has 1 N–H and O–H groups in total. The molecule has 2 aromatic carbocycles. The van der Waals surface area contributed by atoms with E-state index >= 15 is 0 Å². The molecule has 0 aliphatic carbocycles. The predicted molar refractivity (Wildman–Crippen MR) is 106 cm³/mol. The monoisotopic (exact) mass is 447 g/mol. The average Bonchev–Trinajstić information content (AvgIpc) is 2.69. The molecule has 1 aliphatic rings. The van der Waals surface area contributed by atoms with Crippen molar-refractivity contribution in [3.63, 3.8) is 0 Å². The highest BCUT2D eigenvalue weighted by atomic mass is 79.9. The first-order valence-corrected chi connectivity index (χ1v) is 10.7. The summed E-state index contributed by atoms with van der Waals surface area (Å²) in [5, 5.41) is 8.97. The van der Waals surface area contributed by atoms with Gasteiger partial charge in [-0.3, -0.25) is 9.52 Å². The van der Waals surface area contributed by atoms with Crippen LogP contribution in [0.5, 0.6) is 0 Å². The highest BCUT2D eigenvalue weighted by Gasteiger charge is 2.24. The van der Waals surface area contributed by atoms with E-state index in [2.05, 4.69) is 26.7 Å². The van der Waals surface area contributed by atoms with Crippen molar-refractivity contribution < 1.29 is 13.2 Å². The quantitative estimate of drug-likeness (QED) is 0.774. The van der Waals surface area contributed by atoms with Crippen molar-refractivity contribution in [2.24, 2.45) is 5.92 Å². The molecule has 0 atom stereocenters. The predicted octanol–water partition coefficient (Wildman–Crippen LogP) is 3.63. The van der Waals surface area contributed by atoms with E-state index in [1.807, 2.05) is 0 Å². The van der Waals surface area contributed by atoms with Crippen LogP contribution in [0.2, 0.25) is 0 Å². The minimum atomic E-state index is -3.80. The van der Waals surface area contributed by atoms with Gasteiger partial charge in [0.25, 0.3) is 15.9 Å². The van der Waals surface area contributed by atoms with E-state index in [1.165, 1.54) is 12.1 Å². The van der Waals surface area contributed by atoms with Crippen LogP contribution in [0.25, 0.3) is 0 Å². The fraction of sp³-hybridized carbons (Fsp3) is 0.263. The number of likely N-dealkylation sites (tertiary alicyclic amines) is 1. The van der Waals surface area contributed by atoms with Gasteiger partial charge in [0, 0.05) is 34.7 Å². The molecule has 27 heavy (non-hydrogen) atoms. The van der Waals surface area contributed by atoms with Crippen LogP contribution in [-0.2, 0) is 10.0 Å². The van der Waals surface area contributed by atoms with Crippen LogP contribution in [0.4, 0.5) is 5.69 Å². The summed E-state index contributed by atoms with van der Waals surface area (Å²) in [6, 6.07) is 15.0. The molecule has 8 heteroatoms. The third-order valence-corrected chi connectivity index (χ3v) is 6.36. The summed E-state index contributed by atoms with van der Waals surface area (Å²) in [6.07, 6.45) is 1.29. The molecule has 1 fully saturated rings. The van der Waals surface area contributed by atoms with Gasteiger partial charge in [0.1, 0.15) is 0 Å². The lowest BCUT2D eigenvalue weighted by atomic mass is 9.98. The summed E-state index contributed by atoms with van der Waals surface area (Å²) in [5.41, 5.74) is 0.762. The van der Waals surface area contributed by atoms with Crippen LogP contribution in [-0.4, -0.2) is 32.3 Å². The van der Waals surface area contributed by atoms with Gasteiger partial charge < -0.3 is 4.90 Å². The fourth-order valence-corrected chi connectivity index (χ4v) is 4.29. The van der Waals surface area contributed by atoms with Gasteiger partial charge in [0.2, 0.25) is 0 Å². The molecule has 0 radical (unpaired) electrons. The van der Waals surface area contributed by atoms with Crippen LogP contribution in [0, 0.1) is 17.2 Å². The molecule has 0 spiro atoms. The highest BCUT2D eigenvalue weighted by Crippen LogP contribution is 2.22. The van der Waals surface area contributed by atoms with Crippen LogP contribution < -0.4 is 4.72 Å². The van der Waals surface area contributed by atoms with Crippen molar-refractivity contribution in [3.8, 4) is 6.07 Å². The topological polar surface area (TPSA) is 90.3 Å². The maximum Gasteiger partial charge on any atom is 0.261 e. The van der Waals surface area contributed by atoms with E-state index in [9.17, 15) is 13.2 Å². The Balaban J connectivity index is 1.77. The molecule has 2 aromatic rings. The van der Waals surface area contributed by atoms with Crippen molar-refractivity contribution >= 4 is 37.5 Å². The van der Waals surface area contributed by atoms with E-state index in [0.29, 0.717) is 37.2 Å². The Kier molecular flexibility index (Phi) is 5.82. The van der Waals surface area contributed by atoms with Gasteiger partial charge >= 0.3 is 0 Å². The molecule has 0 aromatic heterocycles. The first kappa shape index (κ1) is 19.4. The number of nitriles is 1. The van der Waals surface area contributed by atoms with Crippen molar-refractivity contribution in [3.05, 3.63) is 58.6 Å². The number of rotatable bonds is 4.